The van der Waals surface area contributed by atoms with Gasteiger partial charge in [0.25, 0.3) is 5.56 Å². The van der Waals surface area contributed by atoms with Crippen molar-refractivity contribution in [2.45, 2.75) is 12.5 Å². The van der Waals surface area contributed by atoms with Gasteiger partial charge in [-0.05, 0) is 20.0 Å². The van der Waals surface area contributed by atoms with Crippen molar-refractivity contribution in [1.82, 2.24) is 14.5 Å². The van der Waals surface area contributed by atoms with Crippen LogP contribution in [0.1, 0.15) is 22.8 Å². The summed E-state index contributed by atoms with van der Waals surface area (Å²) in [4.78, 5) is 27.7. The fourth-order valence-corrected chi connectivity index (χ4v) is 1.93. The van der Waals surface area contributed by atoms with Crippen molar-refractivity contribution in [3.05, 3.63) is 28.4 Å². The van der Waals surface area contributed by atoms with Gasteiger partial charge in [0, 0.05) is 18.8 Å². The lowest BCUT2D eigenvalue weighted by Crippen LogP contribution is -2.23. The molecule has 1 aliphatic rings. The number of aromatic carboxylic acids is 1. The van der Waals surface area contributed by atoms with Gasteiger partial charge < -0.3 is 14.6 Å². The maximum atomic E-state index is 11.2. The minimum atomic E-state index is -1.22. The molecule has 1 fully saturated rings. The Balaban J connectivity index is 2.33. The summed E-state index contributed by atoms with van der Waals surface area (Å²) in [6.07, 6.45) is 3.74. The van der Waals surface area contributed by atoms with Gasteiger partial charge in [0.1, 0.15) is 5.56 Å². The quantitative estimate of drug-likeness (QED) is 0.752. The molecule has 86 valence electrons. The number of rotatable bonds is 2. The zero-order valence-electron chi connectivity index (χ0n) is 8.96. The van der Waals surface area contributed by atoms with Gasteiger partial charge in [-0.15, -0.1) is 0 Å². The van der Waals surface area contributed by atoms with Crippen LogP contribution in [-0.2, 0) is 0 Å². The summed E-state index contributed by atoms with van der Waals surface area (Å²) in [7, 11) is 2.01. The van der Waals surface area contributed by atoms with Gasteiger partial charge in [0.2, 0.25) is 0 Å². The Morgan fingerprint density at radius 1 is 1.62 bits per heavy atom. The molecule has 1 unspecified atom stereocenters. The maximum absolute atomic E-state index is 11.2. The van der Waals surface area contributed by atoms with Crippen LogP contribution in [0.3, 0.4) is 0 Å². The number of carboxylic acids is 1. The fraction of sp³-hybridized carbons (Fsp3) is 0.500. The van der Waals surface area contributed by atoms with Gasteiger partial charge in [0.05, 0.1) is 6.33 Å². The zero-order chi connectivity index (χ0) is 11.7. The van der Waals surface area contributed by atoms with E-state index in [-0.39, 0.29) is 11.6 Å². The molecule has 6 heteroatoms. The molecule has 16 heavy (non-hydrogen) atoms. The van der Waals surface area contributed by atoms with Gasteiger partial charge in [-0.2, -0.15) is 4.98 Å². The van der Waals surface area contributed by atoms with Crippen LogP contribution in [0.2, 0.25) is 0 Å². The first-order valence-corrected chi connectivity index (χ1v) is 5.07. The summed E-state index contributed by atoms with van der Waals surface area (Å²) in [5, 5.41) is 8.82. The lowest BCUT2D eigenvalue weighted by Gasteiger charge is -2.14. The van der Waals surface area contributed by atoms with Crippen molar-refractivity contribution in [2.24, 2.45) is 0 Å². The summed E-state index contributed by atoms with van der Waals surface area (Å²) in [6, 6.07) is 0.205. The molecule has 0 spiro atoms. The van der Waals surface area contributed by atoms with Gasteiger partial charge in [-0.25, -0.2) is 4.79 Å². The highest BCUT2D eigenvalue weighted by Gasteiger charge is 2.21. The molecule has 0 radical (unpaired) electrons. The van der Waals surface area contributed by atoms with Crippen LogP contribution in [0.4, 0.5) is 0 Å². The number of carbonyl (C=O) groups is 1. The molecule has 0 amide bonds. The third-order valence-corrected chi connectivity index (χ3v) is 2.84. The van der Waals surface area contributed by atoms with Gasteiger partial charge in [0.15, 0.2) is 0 Å². The highest BCUT2D eigenvalue weighted by molar-refractivity contribution is 5.86. The average Bonchev–Trinajstić information content (AvgIpc) is 2.65. The number of hydrogen-bond acceptors (Lipinski definition) is 4. The number of likely N-dealkylation sites (N-methyl/N-ethyl adjacent to an activating group) is 1. The predicted octanol–water partition coefficient (Wildman–Crippen LogP) is -0.182. The largest absolute Gasteiger partial charge is 0.477 e. The number of aromatic nitrogens is 2. The molecule has 6 nitrogen and oxygen atoms in total. The lowest BCUT2D eigenvalue weighted by molar-refractivity contribution is 0.0693. The average molecular weight is 223 g/mol. The summed E-state index contributed by atoms with van der Waals surface area (Å²) in [5.41, 5.74) is -0.952. The van der Waals surface area contributed by atoms with E-state index in [1.165, 1.54) is 12.5 Å². The van der Waals surface area contributed by atoms with Crippen LogP contribution in [0.25, 0.3) is 0 Å². The molecule has 1 atom stereocenters. The van der Waals surface area contributed by atoms with Crippen LogP contribution in [0.15, 0.2) is 17.3 Å². The molecular formula is C10H13N3O3. The van der Waals surface area contributed by atoms with E-state index in [1.807, 2.05) is 7.05 Å². The van der Waals surface area contributed by atoms with Crippen LogP contribution >= 0.6 is 0 Å². The van der Waals surface area contributed by atoms with E-state index in [4.69, 9.17) is 5.11 Å². The van der Waals surface area contributed by atoms with E-state index in [9.17, 15) is 9.59 Å². The molecule has 0 saturated carbocycles. The molecular weight excluding hydrogens is 210 g/mol. The summed E-state index contributed by atoms with van der Waals surface area (Å²) in [5.74, 6) is -1.22. The van der Waals surface area contributed by atoms with E-state index >= 15 is 0 Å². The van der Waals surface area contributed by atoms with Crippen LogP contribution < -0.4 is 5.56 Å². The standard InChI is InChI=1S/C10H13N3O3/c1-12-3-2-7(4-12)13-5-8(10(15)16)9(14)11-6-13/h5-7H,2-4H2,1H3,(H,15,16). The normalized spacial score (nSPS) is 21.2. The second kappa shape index (κ2) is 4.05. The van der Waals surface area contributed by atoms with Crippen molar-refractivity contribution in [3.8, 4) is 0 Å². The molecule has 0 bridgehead atoms. The Kier molecular flexibility index (Phi) is 2.74. The third kappa shape index (κ3) is 1.96. The first-order valence-electron chi connectivity index (χ1n) is 5.07. The second-order valence-corrected chi connectivity index (χ2v) is 4.05. The molecule has 0 aromatic carbocycles. The van der Waals surface area contributed by atoms with E-state index < -0.39 is 11.5 Å². The SMILES string of the molecule is CN1CCC(n2cnc(=O)c(C(=O)O)c2)C1. The van der Waals surface area contributed by atoms with Crippen LogP contribution in [-0.4, -0.2) is 45.7 Å². The van der Waals surface area contributed by atoms with Gasteiger partial charge >= 0.3 is 5.97 Å². The van der Waals surface area contributed by atoms with Crippen molar-refractivity contribution < 1.29 is 9.90 Å². The molecule has 1 saturated heterocycles. The molecule has 1 aliphatic heterocycles. The van der Waals surface area contributed by atoms with Crippen molar-refractivity contribution >= 4 is 5.97 Å². The molecule has 2 heterocycles. The summed E-state index contributed by atoms with van der Waals surface area (Å²) in [6.45, 7) is 1.82. The maximum Gasteiger partial charge on any atom is 0.342 e. The van der Waals surface area contributed by atoms with E-state index in [0.717, 1.165) is 19.5 Å². The van der Waals surface area contributed by atoms with E-state index in [2.05, 4.69) is 9.88 Å². The predicted molar refractivity (Wildman–Crippen MR) is 56.6 cm³/mol. The highest BCUT2D eigenvalue weighted by Crippen LogP contribution is 2.19. The van der Waals surface area contributed by atoms with Crippen molar-refractivity contribution in [1.29, 1.82) is 0 Å². The number of nitrogens with zero attached hydrogens (tertiary/aromatic N) is 3. The molecule has 2 rings (SSSR count). The summed E-state index contributed by atoms with van der Waals surface area (Å²) < 4.78 is 1.72. The fourth-order valence-electron chi connectivity index (χ4n) is 1.93. The van der Waals surface area contributed by atoms with Crippen molar-refractivity contribution in [3.63, 3.8) is 0 Å². The van der Waals surface area contributed by atoms with Crippen LogP contribution in [0, 0.1) is 0 Å². The van der Waals surface area contributed by atoms with E-state index in [1.54, 1.807) is 4.57 Å². The molecule has 1 aromatic rings. The minimum Gasteiger partial charge on any atom is -0.477 e. The van der Waals surface area contributed by atoms with Crippen molar-refractivity contribution in [2.75, 3.05) is 20.1 Å². The number of likely N-dealkylation sites (tertiary alicyclic amines) is 1. The first kappa shape index (κ1) is 10.8. The highest BCUT2D eigenvalue weighted by atomic mass is 16.4. The molecule has 1 N–H and O–H groups in total. The Morgan fingerprint density at radius 2 is 2.38 bits per heavy atom. The monoisotopic (exact) mass is 223 g/mol. The second-order valence-electron chi connectivity index (χ2n) is 4.05. The lowest BCUT2D eigenvalue weighted by atomic mass is 10.2. The Bertz CT molecular complexity index is 469. The Hall–Kier alpha value is -1.69. The summed E-state index contributed by atoms with van der Waals surface area (Å²) >= 11 is 0. The Labute approximate surface area is 92.1 Å². The Morgan fingerprint density at radius 3 is 2.94 bits per heavy atom. The van der Waals surface area contributed by atoms with E-state index in [0.29, 0.717) is 0 Å². The number of carboxylic acid groups (broad SMARTS) is 1. The number of hydrogen-bond donors (Lipinski definition) is 1. The smallest absolute Gasteiger partial charge is 0.342 e. The van der Waals surface area contributed by atoms with Gasteiger partial charge in [-0.3, -0.25) is 4.79 Å². The molecule has 0 aliphatic carbocycles. The third-order valence-electron chi connectivity index (χ3n) is 2.84. The first-order chi connectivity index (χ1) is 7.58. The van der Waals surface area contributed by atoms with Crippen LogP contribution in [0.5, 0.6) is 0 Å². The van der Waals surface area contributed by atoms with Gasteiger partial charge in [-0.1, -0.05) is 0 Å². The molecule has 1 aromatic heterocycles. The zero-order valence-corrected chi connectivity index (χ0v) is 8.96. The topological polar surface area (TPSA) is 75.4 Å². The minimum absolute atomic E-state index is 0.205.